The average molecular weight is 223 g/mol. The number of amides is 1. The first-order chi connectivity index (χ1) is 7.70. The first-order valence-corrected chi connectivity index (χ1v) is 5.41. The molecule has 1 amide bonds. The van der Waals surface area contributed by atoms with Gasteiger partial charge in [0.05, 0.1) is 0 Å². The lowest BCUT2D eigenvalue weighted by Gasteiger charge is -2.33. The number of carbonyl (C=O) groups excluding carboxylic acids is 2. The van der Waals surface area contributed by atoms with Crippen LogP contribution in [0.4, 0.5) is 0 Å². The maximum absolute atomic E-state index is 11.7. The van der Waals surface area contributed by atoms with Crippen molar-refractivity contribution in [2.45, 2.75) is 25.3 Å². The Bertz CT molecular complexity index is 299. The number of esters is 1. The lowest BCUT2D eigenvalue weighted by Crippen LogP contribution is -2.48. The summed E-state index contributed by atoms with van der Waals surface area (Å²) in [7, 11) is 0. The number of nitrogens with zero attached hydrogens (tertiary/aromatic N) is 1. The molecule has 0 saturated carbocycles. The number of likely N-dealkylation sites (tertiary alicyclic amines) is 1. The standard InChI is InChI=1S/C12H17NO3/c1-3-9-16-12(15)10-7-5-6-8-13(10)11(14)4-2/h3-4,10H,1-2,5-9H2. The van der Waals surface area contributed by atoms with E-state index in [1.807, 2.05) is 0 Å². The fourth-order valence-electron chi connectivity index (χ4n) is 1.79. The summed E-state index contributed by atoms with van der Waals surface area (Å²) in [5.74, 6) is -0.560. The Kier molecular flexibility index (Phi) is 4.76. The Hall–Kier alpha value is -1.58. The van der Waals surface area contributed by atoms with Crippen LogP contribution in [0.25, 0.3) is 0 Å². The van der Waals surface area contributed by atoms with E-state index in [0.717, 1.165) is 12.8 Å². The van der Waals surface area contributed by atoms with Gasteiger partial charge in [0.2, 0.25) is 5.91 Å². The van der Waals surface area contributed by atoms with E-state index < -0.39 is 6.04 Å². The van der Waals surface area contributed by atoms with E-state index in [1.54, 1.807) is 0 Å². The fraction of sp³-hybridized carbons (Fsp3) is 0.500. The van der Waals surface area contributed by atoms with Crippen molar-refractivity contribution in [1.29, 1.82) is 0 Å². The highest BCUT2D eigenvalue weighted by molar-refractivity contribution is 5.91. The maximum Gasteiger partial charge on any atom is 0.329 e. The molecule has 0 N–H and O–H groups in total. The number of hydrogen-bond acceptors (Lipinski definition) is 3. The van der Waals surface area contributed by atoms with Crippen LogP contribution < -0.4 is 0 Å². The summed E-state index contributed by atoms with van der Waals surface area (Å²) in [4.78, 5) is 24.8. The van der Waals surface area contributed by atoms with Crippen molar-refractivity contribution in [1.82, 2.24) is 4.90 Å². The zero-order valence-corrected chi connectivity index (χ0v) is 9.35. The number of hydrogen-bond donors (Lipinski definition) is 0. The molecule has 0 radical (unpaired) electrons. The molecule has 1 atom stereocenters. The van der Waals surface area contributed by atoms with Gasteiger partial charge in [-0.2, -0.15) is 0 Å². The lowest BCUT2D eigenvalue weighted by atomic mass is 10.0. The smallest absolute Gasteiger partial charge is 0.329 e. The molecule has 88 valence electrons. The highest BCUT2D eigenvalue weighted by atomic mass is 16.5. The lowest BCUT2D eigenvalue weighted by molar-refractivity contribution is -0.154. The Morgan fingerprint density at radius 1 is 1.38 bits per heavy atom. The van der Waals surface area contributed by atoms with Crippen molar-refractivity contribution < 1.29 is 14.3 Å². The third kappa shape index (κ3) is 2.95. The van der Waals surface area contributed by atoms with Gasteiger partial charge in [-0.3, -0.25) is 4.79 Å². The molecule has 0 bridgehead atoms. The molecular formula is C12H17NO3. The average Bonchev–Trinajstić information content (AvgIpc) is 2.35. The molecule has 1 rings (SSSR count). The zero-order chi connectivity index (χ0) is 12.0. The van der Waals surface area contributed by atoms with Gasteiger partial charge in [0.15, 0.2) is 0 Å². The molecule has 1 fully saturated rings. The van der Waals surface area contributed by atoms with Crippen LogP contribution in [0.1, 0.15) is 19.3 Å². The summed E-state index contributed by atoms with van der Waals surface area (Å²) in [6.07, 6.45) is 5.27. The van der Waals surface area contributed by atoms with Crippen LogP contribution >= 0.6 is 0 Å². The van der Waals surface area contributed by atoms with Gasteiger partial charge in [0, 0.05) is 6.54 Å². The first-order valence-electron chi connectivity index (χ1n) is 5.41. The summed E-state index contributed by atoms with van der Waals surface area (Å²) in [5.41, 5.74) is 0. The van der Waals surface area contributed by atoms with E-state index in [2.05, 4.69) is 13.2 Å². The Morgan fingerprint density at radius 2 is 2.12 bits per heavy atom. The third-order valence-electron chi connectivity index (χ3n) is 2.58. The SMILES string of the molecule is C=CCOC(=O)C1CCCCN1C(=O)C=C. The second kappa shape index (κ2) is 6.10. The van der Waals surface area contributed by atoms with Gasteiger partial charge in [-0.1, -0.05) is 19.2 Å². The van der Waals surface area contributed by atoms with Crippen LogP contribution in [0.5, 0.6) is 0 Å². The Balaban J connectivity index is 2.65. The van der Waals surface area contributed by atoms with E-state index in [4.69, 9.17) is 4.74 Å². The van der Waals surface area contributed by atoms with E-state index in [-0.39, 0.29) is 18.5 Å². The fourth-order valence-corrected chi connectivity index (χ4v) is 1.79. The predicted molar refractivity (Wildman–Crippen MR) is 60.7 cm³/mol. The van der Waals surface area contributed by atoms with Crippen LogP contribution in [-0.2, 0) is 14.3 Å². The minimum atomic E-state index is -0.459. The van der Waals surface area contributed by atoms with Crippen LogP contribution in [0.15, 0.2) is 25.3 Å². The molecule has 1 aliphatic heterocycles. The molecule has 0 aliphatic carbocycles. The molecule has 1 unspecified atom stereocenters. The third-order valence-corrected chi connectivity index (χ3v) is 2.58. The molecule has 0 aromatic carbocycles. The molecule has 1 aliphatic rings. The number of rotatable bonds is 4. The van der Waals surface area contributed by atoms with E-state index in [0.29, 0.717) is 13.0 Å². The van der Waals surface area contributed by atoms with Crippen molar-refractivity contribution in [3.05, 3.63) is 25.3 Å². The van der Waals surface area contributed by atoms with Gasteiger partial charge in [-0.15, -0.1) is 0 Å². The molecule has 16 heavy (non-hydrogen) atoms. The number of piperidine rings is 1. The molecule has 1 heterocycles. The highest BCUT2D eigenvalue weighted by Crippen LogP contribution is 2.18. The number of carbonyl (C=O) groups is 2. The van der Waals surface area contributed by atoms with Crippen molar-refractivity contribution in [3.8, 4) is 0 Å². The maximum atomic E-state index is 11.7. The summed E-state index contributed by atoms with van der Waals surface area (Å²) >= 11 is 0. The predicted octanol–water partition coefficient (Wildman–Crippen LogP) is 1.28. The van der Waals surface area contributed by atoms with E-state index in [1.165, 1.54) is 17.1 Å². The molecule has 0 aromatic rings. The van der Waals surface area contributed by atoms with Crippen LogP contribution in [0, 0.1) is 0 Å². The highest BCUT2D eigenvalue weighted by Gasteiger charge is 2.31. The largest absolute Gasteiger partial charge is 0.460 e. The van der Waals surface area contributed by atoms with Gasteiger partial charge < -0.3 is 9.64 Å². The van der Waals surface area contributed by atoms with Crippen molar-refractivity contribution in [2.24, 2.45) is 0 Å². The molecular weight excluding hydrogens is 206 g/mol. The van der Waals surface area contributed by atoms with Gasteiger partial charge >= 0.3 is 5.97 Å². The van der Waals surface area contributed by atoms with Crippen molar-refractivity contribution in [2.75, 3.05) is 13.2 Å². The quantitative estimate of drug-likeness (QED) is 0.410. The Labute approximate surface area is 95.6 Å². The minimum Gasteiger partial charge on any atom is -0.460 e. The second-order valence-corrected chi connectivity index (χ2v) is 3.67. The summed E-state index contributed by atoms with van der Waals surface area (Å²) in [6.45, 7) is 7.69. The molecule has 1 saturated heterocycles. The summed E-state index contributed by atoms with van der Waals surface area (Å²) in [5, 5.41) is 0. The van der Waals surface area contributed by atoms with Gasteiger partial charge in [0.25, 0.3) is 0 Å². The van der Waals surface area contributed by atoms with Crippen LogP contribution in [0.2, 0.25) is 0 Å². The topological polar surface area (TPSA) is 46.6 Å². The van der Waals surface area contributed by atoms with E-state index >= 15 is 0 Å². The zero-order valence-electron chi connectivity index (χ0n) is 9.35. The van der Waals surface area contributed by atoms with Crippen molar-refractivity contribution >= 4 is 11.9 Å². The summed E-state index contributed by atoms with van der Waals surface area (Å²) in [6, 6.07) is -0.459. The molecule has 4 heteroatoms. The van der Waals surface area contributed by atoms with E-state index in [9.17, 15) is 9.59 Å². The van der Waals surface area contributed by atoms with Crippen LogP contribution in [-0.4, -0.2) is 36.0 Å². The van der Waals surface area contributed by atoms with Gasteiger partial charge in [0.1, 0.15) is 12.6 Å². The normalized spacial score (nSPS) is 20.0. The minimum absolute atomic E-state index is 0.186. The molecule has 0 aromatic heterocycles. The first kappa shape index (κ1) is 12.5. The molecule has 4 nitrogen and oxygen atoms in total. The number of ether oxygens (including phenoxy) is 1. The van der Waals surface area contributed by atoms with Crippen LogP contribution in [0.3, 0.4) is 0 Å². The second-order valence-electron chi connectivity index (χ2n) is 3.67. The monoisotopic (exact) mass is 223 g/mol. The Morgan fingerprint density at radius 3 is 2.75 bits per heavy atom. The summed E-state index contributed by atoms with van der Waals surface area (Å²) < 4.78 is 4.97. The molecule has 0 spiro atoms. The van der Waals surface area contributed by atoms with Gasteiger partial charge in [-0.25, -0.2) is 4.79 Å². The van der Waals surface area contributed by atoms with Gasteiger partial charge in [-0.05, 0) is 25.3 Å². The van der Waals surface area contributed by atoms with Crippen molar-refractivity contribution in [3.63, 3.8) is 0 Å².